The molecule has 2 N–H and O–H groups in total. The smallest absolute Gasteiger partial charge is 0.126 e. The summed E-state index contributed by atoms with van der Waals surface area (Å²) in [5.74, 6) is -0.170. The molecule has 0 aliphatic carbocycles. The van der Waals surface area contributed by atoms with E-state index in [0.29, 0.717) is 12.0 Å². The Morgan fingerprint density at radius 2 is 1.85 bits per heavy atom. The molecular weight excluding hydrogens is 189 g/mol. The van der Waals surface area contributed by atoms with Crippen LogP contribution in [-0.2, 0) is 6.42 Å². The highest BCUT2D eigenvalue weighted by Gasteiger charge is 2.13. The summed E-state index contributed by atoms with van der Waals surface area (Å²) in [6, 6.07) is 6.73. The number of benzene rings is 1. The Kier molecular flexibility index (Phi) is 4.37. The van der Waals surface area contributed by atoms with Crippen molar-refractivity contribution in [1.29, 1.82) is 0 Å². The van der Waals surface area contributed by atoms with Gasteiger partial charge in [0.25, 0.3) is 0 Å². The van der Waals surface area contributed by atoms with Crippen molar-refractivity contribution in [3.05, 3.63) is 35.6 Å². The van der Waals surface area contributed by atoms with Crippen LogP contribution >= 0.6 is 12.4 Å². The zero-order chi connectivity index (χ0) is 9.19. The third-order valence-corrected chi connectivity index (χ3v) is 1.60. The van der Waals surface area contributed by atoms with Gasteiger partial charge in [0, 0.05) is 5.54 Å². The molecule has 0 bridgehead atoms. The van der Waals surface area contributed by atoms with E-state index >= 15 is 0 Å². The summed E-state index contributed by atoms with van der Waals surface area (Å²) < 4.78 is 13.1. The number of rotatable bonds is 2. The van der Waals surface area contributed by atoms with Crippen molar-refractivity contribution < 1.29 is 4.39 Å². The van der Waals surface area contributed by atoms with E-state index in [2.05, 4.69) is 0 Å². The normalized spacial score (nSPS) is 10.8. The second-order valence-corrected chi connectivity index (χ2v) is 3.76. The highest BCUT2D eigenvalue weighted by Crippen LogP contribution is 2.13. The van der Waals surface area contributed by atoms with Crippen LogP contribution in [0.25, 0.3) is 0 Å². The van der Waals surface area contributed by atoms with Crippen molar-refractivity contribution in [2.45, 2.75) is 25.8 Å². The van der Waals surface area contributed by atoms with Crippen LogP contribution in [0.5, 0.6) is 0 Å². The molecule has 13 heavy (non-hydrogen) atoms. The van der Waals surface area contributed by atoms with Crippen LogP contribution in [0.2, 0.25) is 0 Å². The van der Waals surface area contributed by atoms with Crippen LogP contribution in [0.1, 0.15) is 19.4 Å². The molecule has 0 atom stereocenters. The minimum Gasteiger partial charge on any atom is -0.325 e. The van der Waals surface area contributed by atoms with Gasteiger partial charge in [-0.25, -0.2) is 4.39 Å². The summed E-state index contributed by atoms with van der Waals surface area (Å²) in [5, 5.41) is 0. The first-order valence-corrected chi connectivity index (χ1v) is 4.01. The fraction of sp³-hybridized carbons (Fsp3) is 0.400. The number of nitrogens with two attached hydrogens (primary N) is 1. The summed E-state index contributed by atoms with van der Waals surface area (Å²) in [4.78, 5) is 0. The molecule has 0 radical (unpaired) electrons. The van der Waals surface area contributed by atoms with Crippen LogP contribution in [0, 0.1) is 5.82 Å². The first-order chi connectivity index (χ1) is 5.49. The maximum Gasteiger partial charge on any atom is 0.126 e. The summed E-state index contributed by atoms with van der Waals surface area (Å²) in [6.07, 6.45) is 0.569. The summed E-state index contributed by atoms with van der Waals surface area (Å²) in [5.41, 5.74) is 6.11. The van der Waals surface area contributed by atoms with Crippen molar-refractivity contribution in [3.8, 4) is 0 Å². The quantitative estimate of drug-likeness (QED) is 0.786. The molecule has 0 aromatic heterocycles. The Bertz CT molecular complexity index is 268. The van der Waals surface area contributed by atoms with Crippen molar-refractivity contribution in [3.63, 3.8) is 0 Å². The first kappa shape index (κ1) is 12.4. The molecule has 0 aliphatic heterocycles. The first-order valence-electron chi connectivity index (χ1n) is 4.01. The minimum absolute atomic E-state index is 0. The molecule has 74 valence electrons. The molecule has 0 aliphatic rings. The van der Waals surface area contributed by atoms with Gasteiger partial charge in [-0.1, -0.05) is 18.2 Å². The highest BCUT2D eigenvalue weighted by molar-refractivity contribution is 5.85. The molecule has 1 nitrogen and oxygen atoms in total. The lowest BCUT2D eigenvalue weighted by Gasteiger charge is -2.18. The molecular formula is C10H15ClFN. The largest absolute Gasteiger partial charge is 0.325 e. The van der Waals surface area contributed by atoms with E-state index < -0.39 is 0 Å². The fourth-order valence-corrected chi connectivity index (χ4v) is 1.13. The zero-order valence-corrected chi connectivity index (χ0v) is 8.70. The topological polar surface area (TPSA) is 26.0 Å². The van der Waals surface area contributed by atoms with Crippen LogP contribution in [0.4, 0.5) is 4.39 Å². The molecule has 0 saturated carbocycles. The van der Waals surface area contributed by atoms with E-state index in [1.807, 2.05) is 19.9 Å². The minimum atomic E-state index is -0.345. The molecule has 1 aromatic carbocycles. The fourth-order valence-electron chi connectivity index (χ4n) is 1.13. The van der Waals surface area contributed by atoms with Gasteiger partial charge in [-0.15, -0.1) is 12.4 Å². The van der Waals surface area contributed by atoms with E-state index in [1.54, 1.807) is 12.1 Å². The van der Waals surface area contributed by atoms with Crippen molar-refractivity contribution in [2.75, 3.05) is 0 Å². The second kappa shape index (κ2) is 4.58. The van der Waals surface area contributed by atoms with Crippen LogP contribution in [0.15, 0.2) is 24.3 Å². The van der Waals surface area contributed by atoms with Gasteiger partial charge in [0.2, 0.25) is 0 Å². The van der Waals surface area contributed by atoms with Crippen molar-refractivity contribution in [1.82, 2.24) is 0 Å². The van der Waals surface area contributed by atoms with Gasteiger partial charge in [-0.3, -0.25) is 0 Å². The van der Waals surface area contributed by atoms with Gasteiger partial charge < -0.3 is 5.73 Å². The van der Waals surface area contributed by atoms with E-state index in [1.165, 1.54) is 6.07 Å². The van der Waals surface area contributed by atoms with Crippen molar-refractivity contribution in [2.24, 2.45) is 5.73 Å². The summed E-state index contributed by atoms with van der Waals surface area (Å²) in [7, 11) is 0. The molecule has 0 fully saturated rings. The number of halogens is 2. The number of hydrogen-bond donors (Lipinski definition) is 1. The summed E-state index contributed by atoms with van der Waals surface area (Å²) in [6.45, 7) is 3.78. The molecule has 0 spiro atoms. The predicted molar refractivity (Wildman–Crippen MR) is 55.6 cm³/mol. The van der Waals surface area contributed by atoms with Crippen LogP contribution in [0.3, 0.4) is 0 Å². The van der Waals surface area contributed by atoms with E-state index in [4.69, 9.17) is 5.73 Å². The van der Waals surface area contributed by atoms with Crippen LogP contribution in [-0.4, -0.2) is 5.54 Å². The molecule has 0 unspecified atom stereocenters. The molecule has 3 heteroatoms. The number of hydrogen-bond acceptors (Lipinski definition) is 1. The van der Waals surface area contributed by atoms with Gasteiger partial charge in [-0.05, 0) is 31.9 Å². The van der Waals surface area contributed by atoms with Crippen LogP contribution < -0.4 is 5.73 Å². The van der Waals surface area contributed by atoms with Crippen molar-refractivity contribution >= 4 is 12.4 Å². The maximum atomic E-state index is 13.1. The van der Waals surface area contributed by atoms with Gasteiger partial charge in [-0.2, -0.15) is 0 Å². The molecule has 1 rings (SSSR count). The highest BCUT2D eigenvalue weighted by atomic mass is 35.5. The Labute approximate surface area is 84.5 Å². The van der Waals surface area contributed by atoms with Gasteiger partial charge in [0.1, 0.15) is 5.82 Å². The van der Waals surface area contributed by atoms with Gasteiger partial charge >= 0.3 is 0 Å². The second-order valence-electron chi connectivity index (χ2n) is 3.76. The predicted octanol–water partition coefficient (Wildman–Crippen LogP) is 2.53. The average molecular weight is 204 g/mol. The third-order valence-electron chi connectivity index (χ3n) is 1.60. The molecule has 0 heterocycles. The SMILES string of the molecule is CC(C)(N)Cc1ccccc1F.Cl. The van der Waals surface area contributed by atoms with Gasteiger partial charge in [0.15, 0.2) is 0 Å². The molecule has 1 aromatic rings. The Hall–Kier alpha value is -0.600. The van der Waals surface area contributed by atoms with E-state index in [-0.39, 0.29) is 23.8 Å². The van der Waals surface area contributed by atoms with Gasteiger partial charge in [0.05, 0.1) is 0 Å². The third kappa shape index (κ3) is 4.25. The monoisotopic (exact) mass is 203 g/mol. The lowest BCUT2D eigenvalue weighted by Crippen LogP contribution is -2.34. The Balaban J connectivity index is 0.00000144. The molecule has 0 amide bonds. The Morgan fingerprint density at radius 1 is 1.31 bits per heavy atom. The Morgan fingerprint density at radius 3 is 2.31 bits per heavy atom. The maximum absolute atomic E-state index is 13.1. The van der Waals surface area contributed by atoms with E-state index in [9.17, 15) is 4.39 Å². The molecule has 0 saturated heterocycles. The summed E-state index contributed by atoms with van der Waals surface area (Å²) >= 11 is 0. The zero-order valence-electron chi connectivity index (χ0n) is 7.88. The lowest BCUT2D eigenvalue weighted by molar-refractivity contribution is 0.497. The average Bonchev–Trinajstić information content (AvgIpc) is 1.91. The lowest BCUT2D eigenvalue weighted by atomic mass is 9.96. The standard InChI is InChI=1S/C10H14FN.ClH/c1-10(2,12)7-8-5-3-4-6-9(8)11;/h3-6H,7,12H2,1-2H3;1H. The van der Waals surface area contributed by atoms with E-state index in [0.717, 1.165) is 0 Å².